The fourth-order valence-electron chi connectivity index (χ4n) is 3.82. The molecular formula is C20H30N4O2. The molecule has 26 heavy (non-hydrogen) atoms. The lowest BCUT2D eigenvalue weighted by molar-refractivity contribution is -0.105. The molecule has 1 aliphatic rings. The molecule has 0 bridgehead atoms. The summed E-state index contributed by atoms with van der Waals surface area (Å²) in [6, 6.07) is 5.81. The normalized spacial score (nSPS) is 20.6. The lowest BCUT2D eigenvalue weighted by Crippen LogP contribution is -2.30. The van der Waals surface area contributed by atoms with Crippen molar-refractivity contribution in [3.05, 3.63) is 24.0 Å². The first-order valence-corrected chi connectivity index (χ1v) is 9.77. The number of nitrogens with zero attached hydrogens (tertiary/aromatic N) is 2. The molecule has 2 aromatic rings. The van der Waals surface area contributed by atoms with Gasteiger partial charge in [0.1, 0.15) is 11.3 Å². The van der Waals surface area contributed by atoms with E-state index in [2.05, 4.69) is 29.0 Å². The van der Waals surface area contributed by atoms with E-state index in [1.807, 2.05) is 18.2 Å². The lowest BCUT2D eigenvalue weighted by Gasteiger charge is -2.28. The van der Waals surface area contributed by atoms with Gasteiger partial charge in [-0.05, 0) is 50.9 Å². The minimum Gasteiger partial charge on any atom is -0.377 e. The van der Waals surface area contributed by atoms with Crippen molar-refractivity contribution in [3.8, 4) is 0 Å². The number of hydrogen-bond donors (Lipinski definition) is 2. The van der Waals surface area contributed by atoms with Crippen LogP contribution in [-0.2, 0) is 9.53 Å². The van der Waals surface area contributed by atoms with E-state index in [4.69, 9.17) is 9.72 Å². The van der Waals surface area contributed by atoms with E-state index in [1.165, 1.54) is 0 Å². The third-order valence-electron chi connectivity index (χ3n) is 5.46. The van der Waals surface area contributed by atoms with Gasteiger partial charge in [-0.2, -0.15) is 0 Å². The van der Waals surface area contributed by atoms with Crippen molar-refractivity contribution in [1.82, 2.24) is 14.9 Å². The topological polar surface area (TPSA) is 70.2 Å². The fraction of sp³-hybridized carbons (Fsp3) is 0.600. The molecule has 0 unspecified atom stereocenters. The zero-order chi connectivity index (χ0) is 18.4. The Hall–Kier alpha value is -1.92. The maximum Gasteiger partial charge on any atom is 0.211 e. The molecule has 1 fully saturated rings. The first-order valence-electron chi connectivity index (χ1n) is 9.77. The highest BCUT2D eigenvalue weighted by Gasteiger charge is 2.25. The molecule has 1 aliphatic carbocycles. The number of aromatic amines is 1. The maximum atomic E-state index is 10.8. The van der Waals surface area contributed by atoms with Gasteiger partial charge >= 0.3 is 0 Å². The average molecular weight is 358 g/mol. The number of carbonyl (C=O) groups is 1. The fourth-order valence-corrected chi connectivity index (χ4v) is 3.82. The number of nitrogens with one attached hydrogen (secondary N) is 2. The number of ether oxygens (including phenoxy) is 1. The third-order valence-corrected chi connectivity index (χ3v) is 5.46. The van der Waals surface area contributed by atoms with Crippen LogP contribution in [0.4, 0.5) is 5.69 Å². The van der Waals surface area contributed by atoms with Crippen molar-refractivity contribution in [2.24, 2.45) is 0 Å². The SMILES string of the molecule is CCN(CC)CCOC1CCC(c2nc3c(NC=O)cccc3[nH]2)CC1. The number of imidazole rings is 1. The molecule has 6 nitrogen and oxygen atoms in total. The first kappa shape index (κ1) is 18.9. The molecule has 1 amide bonds. The first-order chi connectivity index (χ1) is 12.7. The standard InChI is InChI=1S/C20H30N4O2/c1-3-24(4-2)12-13-26-16-10-8-15(9-11-16)20-22-18-7-5-6-17(21-14-25)19(18)23-20/h5-7,14-16H,3-4,8-13H2,1-2H3,(H,21,25)(H,22,23). The predicted molar refractivity (Wildman–Crippen MR) is 105 cm³/mol. The molecule has 0 radical (unpaired) electrons. The Bertz CT molecular complexity index is 703. The molecule has 6 heteroatoms. The van der Waals surface area contributed by atoms with Gasteiger partial charge in [0.05, 0.1) is 23.9 Å². The van der Waals surface area contributed by atoms with Gasteiger partial charge in [0.15, 0.2) is 0 Å². The molecule has 1 aromatic carbocycles. The number of anilines is 1. The van der Waals surface area contributed by atoms with E-state index in [1.54, 1.807) is 0 Å². The number of hydrogen-bond acceptors (Lipinski definition) is 4. The summed E-state index contributed by atoms with van der Waals surface area (Å²) in [5.41, 5.74) is 2.57. The van der Waals surface area contributed by atoms with Gasteiger partial charge in [-0.25, -0.2) is 4.98 Å². The monoisotopic (exact) mass is 358 g/mol. The Labute approximate surface area is 155 Å². The van der Waals surface area contributed by atoms with Crippen molar-refractivity contribution in [3.63, 3.8) is 0 Å². The quantitative estimate of drug-likeness (QED) is 0.673. The molecule has 1 heterocycles. The molecule has 2 N–H and O–H groups in total. The number of benzene rings is 1. The second kappa shape index (κ2) is 9.14. The number of fused-ring (bicyclic) bond motifs is 1. The number of carbonyl (C=O) groups excluding carboxylic acids is 1. The molecule has 142 valence electrons. The second-order valence-electron chi connectivity index (χ2n) is 6.96. The van der Waals surface area contributed by atoms with Crippen LogP contribution in [0.5, 0.6) is 0 Å². The van der Waals surface area contributed by atoms with Crippen LogP contribution >= 0.6 is 0 Å². The Balaban J connectivity index is 1.54. The van der Waals surface area contributed by atoms with Gasteiger partial charge in [0.25, 0.3) is 0 Å². The van der Waals surface area contributed by atoms with Crippen molar-refractivity contribution < 1.29 is 9.53 Å². The molecule has 0 spiro atoms. The van der Waals surface area contributed by atoms with Crippen LogP contribution < -0.4 is 5.32 Å². The highest BCUT2D eigenvalue weighted by Crippen LogP contribution is 2.34. The molecule has 0 atom stereocenters. The summed E-state index contributed by atoms with van der Waals surface area (Å²) in [4.78, 5) is 21.4. The number of amides is 1. The Morgan fingerprint density at radius 1 is 1.27 bits per heavy atom. The number of H-pyrrole nitrogens is 1. The van der Waals surface area contributed by atoms with Gasteiger partial charge in [-0.15, -0.1) is 0 Å². The van der Waals surface area contributed by atoms with Crippen LogP contribution in [0.3, 0.4) is 0 Å². The third kappa shape index (κ3) is 4.43. The zero-order valence-corrected chi connectivity index (χ0v) is 15.8. The number of rotatable bonds is 9. The van der Waals surface area contributed by atoms with Crippen LogP contribution in [0.25, 0.3) is 11.0 Å². The largest absolute Gasteiger partial charge is 0.377 e. The average Bonchev–Trinajstić information content (AvgIpc) is 3.11. The van der Waals surface area contributed by atoms with E-state index in [0.717, 1.165) is 74.5 Å². The summed E-state index contributed by atoms with van der Waals surface area (Å²) in [6.45, 7) is 8.39. The summed E-state index contributed by atoms with van der Waals surface area (Å²) in [6.07, 6.45) is 5.42. The predicted octanol–water partition coefficient (Wildman–Crippen LogP) is 3.52. The summed E-state index contributed by atoms with van der Waals surface area (Å²) >= 11 is 0. The Morgan fingerprint density at radius 2 is 2.04 bits per heavy atom. The summed E-state index contributed by atoms with van der Waals surface area (Å²) in [5.74, 6) is 1.47. The summed E-state index contributed by atoms with van der Waals surface area (Å²) in [5, 5.41) is 2.73. The van der Waals surface area contributed by atoms with Crippen LogP contribution in [-0.4, -0.2) is 53.6 Å². The number of para-hydroxylation sites is 1. The lowest BCUT2D eigenvalue weighted by atomic mass is 9.87. The Morgan fingerprint density at radius 3 is 2.73 bits per heavy atom. The highest BCUT2D eigenvalue weighted by molar-refractivity contribution is 5.92. The highest BCUT2D eigenvalue weighted by atomic mass is 16.5. The maximum absolute atomic E-state index is 10.8. The van der Waals surface area contributed by atoms with E-state index in [-0.39, 0.29) is 0 Å². The van der Waals surface area contributed by atoms with Crippen LogP contribution in [0.15, 0.2) is 18.2 Å². The van der Waals surface area contributed by atoms with Crippen LogP contribution in [0.1, 0.15) is 51.3 Å². The summed E-state index contributed by atoms with van der Waals surface area (Å²) < 4.78 is 6.09. The zero-order valence-electron chi connectivity index (χ0n) is 15.8. The number of likely N-dealkylation sites (N-methyl/N-ethyl adjacent to an activating group) is 1. The van der Waals surface area contributed by atoms with E-state index in [0.29, 0.717) is 18.4 Å². The van der Waals surface area contributed by atoms with E-state index < -0.39 is 0 Å². The van der Waals surface area contributed by atoms with Gasteiger partial charge in [0.2, 0.25) is 6.41 Å². The van der Waals surface area contributed by atoms with Crippen molar-refractivity contribution in [1.29, 1.82) is 0 Å². The molecule has 0 saturated heterocycles. The molecule has 1 aromatic heterocycles. The smallest absolute Gasteiger partial charge is 0.211 e. The van der Waals surface area contributed by atoms with Crippen LogP contribution in [0, 0.1) is 0 Å². The van der Waals surface area contributed by atoms with Gasteiger partial charge in [-0.3, -0.25) is 4.79 Å². The van der Waals surface area contributed by atoms with Crippen LogP contribution in [0.2, 0.25) is 0 Å². The molecule has 0 aliphatic heterocycles. The van der Waals surface area contributed by atoms with Gasteiger partial charge < -0.3 is 19.9 Å². The van der Waals surface area contributed by atoms with Crippen molar-refractivity contribution >= 4 is 23.1 Å². The van der Waals surface area contributed by atoms with Crippen molar-refractivity contribution in [2.75, 3.05) is 31.6 Å². The molecule has 1 saturated carbocycles. The minimum atomic E-state index is 0.374. The van der Waals surface area contributed by atoms with E-state index in [9.17, 15) is 4.79 Å². The summed E-state index contributed by atoms with van der Waals surface area (Å²) in [7, 11) is 0. The molecule has 3 rings (SSSR count). The van der Waals surface area contributed by atoms with Gasteiger partial charge in [0, 0.05) is 12.5 Å². The van der Waals surface area contributed by atoms with Crippen molar-refractivity contribution in [2.45, 2.75) is 51.6 Å². The molecular weight excluding hydrogens is 328 g/mol. The minimum absolute atomic E-state index is 0.374. The second-order valence-corrected chi connectivity index (χ2v) is 6.96. The van der Waals surface area contributed by atoms with Gasteiger partial charge in [-0.1, -0.05) is 19.9 Å². The van der Waals surface area contributed by atoms with E-state index >= 15 is 0 Å². The Kier molecular flexibility index (Phi) is 6.63. The number of aromatic nitrogens is 2.